The summed E-state index contributed by atoms with van der Waals surface area (Å²) in [5.74, 6) is 2.36. The molecule has 106 valence electrons. The van der Waals surface area contributed by atoms with Crippen LogP contribution in [0.3, 0.4) is 0 Å². The number of aryl methyl sites for hydroxylation is 1. The van der Waals surface area contributed by atoms with Crippen LogP contribution in [0.5, 0.6) is 11.5 Å². The van der Waals surface area contributed by atoms with E-state index in [0.29, 0.717) is 6.54 Å². The van der Waals surface area contributed by atoms with Crippen LogP contribution in [0.4, 0.5) is 5.82 Å². The maximum Gasteiger partial charge on any atom is 0.231 e. The predicted molar refractivity (Wildman–Crippen MR) is 78.4 cm³/mol. The first-order chi connectivity index (χ1) is 10.3. The minimum atomic E-state index is 0.274. The molecule has 1 aromatic carbocycles. The Hall–Kier alpha value is -2.76. The van der Waals surface area contributed by atoms with Gasteiger partial charge in [-0.05, 0) is 29.7 Å². The Kier molecular flexibility index (Phi) is 2.67. The highest BCUT2D eigenvalue weighted by atomic mass is 16.7. The van der Waals surface area contributed by atoms with E-state index in [1.165, 1.54) is 0 Å². The van der Waals surface area contributed by atoms with Gasteiger partial charge in [0.2, 0.25) is 6.79 Å². The molecule has 4 rings (SSSR count). The van der Waals surface area contributed by atoms with Gasteiger partial charge in [-0.1, -0.05) is 0 Å². The van der Waals surface area contributed by atoms with Gasteiger partial charge in [-0.15, -0.1) is 0 Å². The van der Waals surface area contributed by atoms with Crippen molar-refractivity contribution in [3.05, 3.63) is 42.4 Å². The van der Waals surface area contributed by atoms with Crippen molar-refractivity contribution in [3.8, 4) is 11.5 Å². The molecule has 0 fully saturated rings. The van der Waals surface area contributed by atoms with E-state index in [1.807, 2.05) is 37.5 Å². The molecule has 21 heavy (non-hydrogen) atoms. The molecule has 3 heterocycles. The van der Waals surface area contributed by atoms with Crippen LogP contribution in [0, 0.1) is 0 Å². The maximum absolute atomic E-state index is 5.43. The number of pyridine rings is 1. The third-order valence-electron chi connectivity index (χ3n) is 3.46. The highest BCUT2D eigenvalue weighted by molar-refractivity contribution is 5.94. The number of aromatic nitrogens is 3. The molecule has 0 aliphatic carbocycles. The zero-order chi connectivity index (χ0) is 14.2. The second-order valence-electron chi connectivity index (χ2n) is 4.92. The molecule has 0 bridgehead atoms. The SMILES string of the molecule is Cn1ccc(CNc2nccc3cc4c(cc23)OCO4)n1. The van der Waals surface area contributed by atoms with Gasteiger partial charge in [0.15, 0.2) is 11.5 Å². The summed E-state index contributed by atoms with van der Waals surface area (Å²) in [7, 11) is 1.90. The molecule has 1 aliphatic heterocycles. The van der Waals surface area contributed by atoms with Gasteiger partial charge in [-0.3, -0.25) is 4.68 Å². The summed E-state index contributed by atoms with van der Waals surface area (Å²) < 4.78 is 12.6. The number of hydrogen-bond acceptors (Lipinski definition) is 5. The molecule has 6 heteroatoms. The number of hydrogen-bond donors (Lipinski definition) is 1. The van der Waals surface area contributed by atoms with Crippen molar-refractivity contribution in [2.24, 2.45) is 7.05 Å². The van der Waals surface area contributed by atoms with Crippen molar-refractivity contribution in [2.75, 3.05) is 12.1 Å². The molecule has 0 saturated carbocycles. The van der Waals surface area contributed by atoms with Gasteiger partial charge in [-0.2, -0.15) is 5.10 Å². The van der Waals surface area contributed by atoms with Crippen molar-refractivity contribution in [1.82, 2.24) is 14.8 Å². The lowest BCUT2D eigenvalue weighted by molar-refractivity contribution is 0.174. The summed E-state index contributed by atoms with van der Waals surface area (Å²) in [5.41, 5.74) is 0.969. The third-order valence-corrected chi connectivity index (χ3v) is 3.46. The van der Waals surface area contributed by atoms with Crippen molar-refractivity contribution >= 4 is 16.6 Å². The Bertz CT molecular complexity index is 813. The van der Waals surface area contributed by atoms with Crippen LogP contribution < -0.4 is 14.8 Å². The normalized spacial score (nSPS) is 12.8. The molecule has 0 radical (unpaired) electrons. The fourth-order valence-corrected chi connectivity index (χ4v) is 2.43. The summed E-state index contributed by atoms with van der Waals surface area (Å²) in [6, 6.07) is 7.88. The number of ether oxygens (including phenoxy) is 2. The van der Waals surface area contributed by atoms with Crippen LogP contribution in [0.1, 0.15) is 5.69 Å². The minimum Gasteiger partial charge on any atom is -0.454 e. The molecule has 3 aromatic rings. The highest BCUT2D eigenvalue weighted by Gasteiger charge is 2.15. The van der Waals surface area contributed by atoms with Crippen molar-refractivity contribution in [2.45, 2.75) is 6.54 Å². The van der Waals surface area contributed by atoms with Gasteiger partial charge in [0.25, 0.3) is 0 Å². The van der Waals surface area contributed by atoms with Crippen LogP contribution in [0.25, 0.3) is 10.8 Å². The smallest absolute Gasteiger partial charge is 0.231 e. The first-order valence-corrected chi connectivity index (χ1v) is 6.70. The molecular formula is C15H14N4O2. The van der Waals surface area contributed by atoms with Crippen LogP contribution in [-0.2, 0) is 13.6 Å². The lowest BCUT2D eigenvalue weighted by atomic mass is 10.1. The maximum atomic E-state index is 5.43. The second kappa shape index (κ2) is 4.66. The van der Waals surface area contributed by atoms with E-state index in [0.717, 1.165) is 33.8 Å². The van der Waals surface area contributed by atoms with E-state index < -0.39 is 0 Å². The predicted octanol–water partition coefficient (Wildman–Crippen LogP) is 2.31. The topological polar surface area (TPSA) is 61.2 Å². The molecule has 0 saturated heterocycles. The number of benzene rings is 1. The van der Waals surface area contributed by atoms with E-state index in [9.17, 15) is 0 Å². The molecule has 1 N–H and O–H groups in total. The van der Waals surface area contributed by atoms with Crippen LogP contribution >= 0.6 is 0 Å². The Balaban J connectivity index is 1.68. The van der Waals surface area contributed by atoms with E-state index in [1.54, 1.807) is 10.9 Å². The van der Waals surface area contributed by atoms with Gasteiger partial charge in [0, 0.05) is 24.8 Å². The minimum absolute atomic E-state index is 0.274. The van der Waals surface area contributed by atoms with Gasteiger partial charge in [0.05, 0.1) is 12.2 Å². The Morgan fingerprint density at radius 1 is 1.24 bits per heavy atom. The summed E-state index contributed by atoms with van der Waals surface area (Å²) in [5, 5.41) is 9.75. The molecule has 0 spiro atoms. The fourth-order valence-electron chi connectivity index (χ4n) is 2.43. The number of nitrogens with one attached hydrogen (secondary N) is 1. The Morgan fingerprint density at radius 2 is 2.10 bits per heavy atom. The van der Waals surface area contributed by atoms with E-state index in [2.05, 4.69) is 15.4 Å². The van der Waals surface area contributed by atoms with E-state index >= 15 is 0 Å². The number of fused-ring (bicyclic) bond motifs is 2. The zero-order valence-electron chi connectivity index (χ0n) is 11.5. The lowest BCUT2D eigenvalue weighted by Gasteiger charge is -2.08. The molecular weight excluding hydrogens is 268 g/mol. The van der Waals surface area contributed by atoms with Crippen molar-refractivity contribution in [1.29, 1.82) is 0 Å². The highest BCUT2D eigenvalue weighted by Crippen LogP contribution is 2.37. The number of anilines is 1. The first kappa shape index (κ1) is 12.0. The van der Waals surface area contributed by atoms with Crippen molar-refractivity contribution < 1.29 is 9.47 Å². The fraction of sp³-hybridized carbons (Fsp3) is 0.200. The van der Waals surface area contributed by atoms with Crippen LogP contribution in [0.15, 0.2) is 36.7 Å². The van der Waals surface area contributed by atoms with Gasteiger partial charge < -0.3 is 14.8 Å². The molecule has 2 aromatic heterocycles. The summed E-state index contributed by atoms with van der Waals surface area (Å²) in [6.07, 6.45) is 3.71. The Morgan fingerprint density at radius 3 is 2.90 bits per heavy atom. The third kappa shape index (κ3) is 2.14. The average Bonchev–Trinajstić information content (AvgIpc) is 3.11. The second-order valence-corrected chi connectivity index (χ2v) is 4.92. The van der Waals surface area contributed by atoms with Crippen molar-refractivity contribution in [3.63, 3.8) is 0 Å². The van der Waals surface area contributed by atoms with Gasteiger partial charge >= 0.3 is 0 Å². The molecule has 0 unspecified atom stereocenters. The average molecular weight is 282 g/mol. The summed E-state index contributed by atoms with van der Waals surface area (Å²) in [4.78, 5) is 4.41. The zero-order valence-corrected chi connectivity index (χ0v) is 11.5. The lowest BCUT2D eigenvalue weighted by Crippen LogP contribution is -2.03. The quantitative estimate of drug-likeness (QED) is 0.798. The van der Waals surface area contributed by atoms with Crippen LogP contribution in [-0.4, -0.2) is 21.6 Å². The summed E-state index contributed by atoms with van der Waals surface area (Å²) in [6.45, 7) is 0.900. The molecule has 6 nitrogen and oxygen atoms in total. The van der Waals surface area contributed by atoms with E-state index in [4.69, 9.17) is 9.47 Å². The number of rotatable bonds is 3. The molecule has 0 amide bonds. The molecule has 0 atom stereocenters. The summed E-state index contributed by atoms with van der Waals surface area (Å²) >= 11 is 0. The van der Waals surface area contributed by atoms with E-state index in [-0.39, 0.29) is 6.79 Å². The molecule has 1 aliphatic rings. The number of nitrogens with zero attached hydrogens (tertiary/aromatic N) is 3. The van der Waals surface area contributed by atoms with Gasteiger partial charge in [0.1, 0.15) is 5.82 Å². The van der Waals surface area contributed by atoms with Crippen LogP contribution in [0.2, 0.25) is 0 Å². The van der Waals surface area contributed by atoms with Gasteiger partial charge in [-0.25, -0.2) is 4.98 Å². The Labute approximate surface area is 121 Å². The standard InChI is InChI=1S/C15H14N4O2/c1-19-5-3-11(18-19)8-17-15-12-7-14-13(20-9-21-14)6-10(12)2-4-16-15/h2-7H,8-9H2,1H3,(H,16,17). The first-order valence-electron chi connectivity index (χ1n) is 6.70. The monoisotopic (exact) mass is 282 g/mol. The largest absolute Gasteiger partial charge is 0.454 e.